The molecule has 1 N–H and O–H groups in total. The molecule has 5 nitrogen and oxygen atoms in total. The highest BCUT2D eigenvalue weighted by Crippen LogP contribution is 2.50. The van der Waals surface area contributed by atoms with Gasteiger partial charge in [0.25, 0.3) is 5.91 Å². The van der Waals surface area contributed by atoms with Crippen molar-refractivity contribution in [2.75, 3.05) is 30.9 Å². The monoisotopic (exact) mass is 429 g/mol. The average molecular weight is 430 g/mol. The van der Waals surface area contributed by atoms with E-state index < -0.39 is 0 Å². The lowest BCUT2D eigenvalue weighted by atomic mass is 9.86. The molecular formula is C22H27N3O2S2. The molecule has 1 amide bonds. The van der Waals surface area contributed by atoms with E-state index in [2.05, 4.69) is 28.9 Å². The van der Waals surface area contributed by atoms with E-state index in [0.29, 0.717) is 33.9 Å². The second kappa shape index (κ2) is 6.51. The molecule has 4 atom stereocenters. The van der Waals surface area contributed by atoms with Crippen LogP contribution in [0.2, 0.25) is 0 Å². The van der Waals surface area contributed by atoms with Gasteiger partial charge in [-0.15, -0.1) is 0 Å². The Morgan fingerprint density at radius 2 is 2.10 bits per heavy atom. The molecule has 6 rings (SSSR count). The summed E-state index contributed by atoms with van der Waals surface area (Å²) < 4.78 is 7.03. The quantitative estimate of drug-likeness (QED) is 0.791. The van der Waals surface area contributed by atoms with Gasteiger partial charge >= 0.3 is 0 Å². The van der Waals surface area contributed by atoms with Crippen molar-refractivity contribution in [1.29, 1.82) is 0 Å². The predicted molar refractivity (Wildman–Crippen MR) is 119 cm³/mol. The van der Waals surface area contributed by atoms with Gasteiger partial charge < -0.3 is 15.0 Å². The molecule has 2 aromatic rings. The van der Waals surface area contributed by atoms with E-state index in [-0.39, 0.29) is 5.91 Å². The van der Waals surface area contributed by atoms with Gasteiger partial charge in [0, 0.05) is 19.1 Å². The van der Waals surface area contributed by atoms with Crippen molar-refractivity contribution < 1.29 is 9.53 Å². The number of thiazole rings is 1. The van der Waals surface area contributed by atoms with Crippen LogP contribution in [0.5, 0.6) is 5.75 Å². The summed E-state index contributed by atoms with van der Waals surface area (Å²) in [5, 5.41) is 4.42. The number of ether oxygens (including phenoxy) is 1. The minimum Gasteiger partial charge on any atom is -0.496 e. The Balaban J connectivity index is 1.30. The number of hydrogen-bond donors (Lipinski definition) is 1. The highest BCUT2D eigenvalue weighted by molar-refractivity contribution is 8.02. The lowest BCUT2D eigenvalue weighted by molar-refractivity contribution is 0.0903. The van der Waals surface area contributed by atoms with Crippen LogP contribution in [0.3, 0.4) is 0 Å². The van der Waals surface area contributed by atoms with Crippen LogP contribution in [0.4, 0.5) is 5.13 Å². The Hall–Kier alpha value is -1.47. The van der Waals surface area contributed by atoms with Crippen LogP contribution in [0.25, 0.3) is 10.2 Å². The zero-order chi connectivity index (χ0) is 19.8. The molecule has 1 spiro atoms. The van der Waals surface area contributed by atoms with Gasteiger partial charge in [-0.3, -0.25) is 4.79 Å². The van der Waals surface area contributed by atoms with Crippen molar-refractivity contribution in [2.45, 2.75) is 43.4 Å². The summed E-state index contributed by atoms with van der Waals surface area (Å²) in [6, 6.07) is 4.17. The molecule has 1 aromatic heterocycles. The Kier molecular flexibility index (Phi) is 4.11. The van der Waals surface area contributed by atoms with E-state index in [4.69, 9.17) is 9.72 Å². The summed E-state index contributed by atoms with van der Waals surface area (Å²) in [4.78, 5) is 20.6. The van der Waals surface area contributed by atoms with E-state index >= 15 is 0 Å². The van der Waals surface area contributed by atoms with E-state index in [1.165, 1.54) is 31.4 Å². The van der Waals surface area contributed by atoms with Crippen LogP contribution in [0, 0.1) is 17.8 Å². The number of benzene rings is 1. The number of carbonyl (C=O) groups excluding carboxylic acids is 1. The second-order valence-corrected chi connectivity index (χ2v) is 11.9. The topological polar surface area (TPSA) is 54.5 Å². The highest BCUT2D eigenvalue weighted by Gasteiger charge is 2.49. The normalized spacial score (nSPS) is 31.7. The van der Waals surface area contributed by atoms with E-state index in [9.17, 15) is 4.79 Å². The predicted octanol–water partition coefficient (Wildman–Crippen LogP) is 4.17. The number of amides is 1. The molecule has 2 aliphatic heterocycles. The molecule has 154 valence electrons. The largest absolute Gasteiger partial charge is 0.496 e. The van der Waals surface area contributed by atoms with Crippen LogP contribution in [-0.4, -0.2) is 47.6 Å². The maximum Gasteiger partial charge on any atom is 0.256 e. The first kappa shape index (κ1) is 18.3. The number of nitrogens with zero attached hydrogens (tertiary/aromatic N) is 2. The molecule has 0 radical (unpaired) electrons. The van der Waals surface area contributed by atoms with Crippen molar-refractivity contribution in [3.63, 3.8) is 0 Å². The van der Waals surface area contributed by atoms with Crippen molar-refractivity contribution in [3.05, 3.63) is 17.7 Å². The lowest BCUT2D eigenvalue weighted by Gasteiger charge is -2.55. The zero-order valence-electron chi connectivity index (χ0n) is 16.9. The third kappa shape index (κ3) is 2.73. The number of aromatic nitrogens is 1. The van der Waals surface area contributed by atoms with Gasteiger partial charge in [-0.2, -0.15) is 11.8 Å². The Morgan fingerprint density at radius 1 is 1.31 bits per heavy atom. The van der Waals surface area contributed by atoms with Gasteiger partial charge in [0.1, 0.15) is 11.3 Å². The standard InChI is InChI=1S/C22H27N3O2S2/c1-12-13-3-4-14(9-13)18(12)24-20(26)17-16(27-2)6-5-15-19(17)29-21(23-15)25-10-22(11-25)7-8-28-22/h5-6,12-14,18H,3-4,7-11H2,1-2H3,(H,24,26). The van der Waals surface area contributed by atoms with Gasteiger partial charge in [0.05, 0.1) is 22.1 Å². The summed E-state index contributed by atoms with van der Waals surface area (Å²) in [7, 11) is 1.65. The Bertz CT molecular complexity index is 976. The molecule has 29 heavy (non-hydrogen) atoms. The molecule has 2 saturated carbocycles. The fourth-order valence-electron chi connectivity index (χ4n) is 5.96. The van der Waals surface area contributed by atoms with Crippen molar-refractivity contribution in [3.8, 4) is 5.75 Å². The van der Waals surface area contributed by atoms with Crippen molar-refractivity contribution >= 4 is 44.4 Å². The minimum absolute atomic E-state index is 0.00155. The van der Waals surface area contributed by atoms with Crippen LogP contribution in [0.1, 0.15) is 43.0 Å². The summed E-state index contributed by atoms with van der Waals surface area (Å²) in [6.07, 6.45) is 5.17. The van der Waals surface area contributed by atoms with Crippen LogP contribution in [-0.2, 0) is 0 Å². The Morgan fingerprint density at radius 3 is 2.76 bits per heavy atom. The molecule has 4 unspecified atom stereocenters. The summed E-state index contributed by atoms with van der Waals surface area (Å²) in [5.41, 5.74) is 1.57. The first-order chi connectivity index (χ1) is 14.1. The number of anilines is 1. The minimum atomic E-state index is 0.00155. The van der Waals surface area contributed by atoms with E-state index in [1.54, 1.807) is 18.4 Å². The summed E-state index contributed by atoms with van der Waals surface area (Å²) in [5.74, 6) is 3.92. The highest BCUT2D eigenvalue weighted by atomic mass is 32.2. The van der Waals surface area contributed by atoms with Gasteiger partial charge in [0.2, 0.25) is 0 Å². The van der Waals surface area contributed by atoms with E-state index in [1.807, 2.05) is 12.1 Å². The van der Waals surface area contributed by atoms with Crippen LogP contribution < -0.4 is 15.0 Å². The van der Waals surface area contributed by atoms with Gasteiger partial charge in [-0.1, -0.05) is 18.3 Å². The third-order valence-corrected chi connectivity index (χ3v) is 10.4. The summed E-state index contributed by atoms with van der Waals surface area (Å²) in [6.45, 7) is 4.47. The number of carbonyl (C=O) groups is 1. The maximum atomic E-state index is 13.4. The molecule has 7 heteroatoms. The van der Waals surface area contributed by atoms with Crippen LogP contribution in [0.15, 0.2) is 12.1 Å². The fraction of sp³-hybridized carbons (Fsp3) is 0.636. The molecule has 2 bridgehead atoms. The zero-order valence-corrected chi connectivity index (χ0v) is 18.6. The number of rotatable bonds is 4. The molecule has 3 heterocycles. The molecule has 2 aliphatic carbocycles. The number of fused-ring (bicyclic) bond motifs is 3. The van der Waals surface area contributed by atoms with Gasteiger partial charge in [-0.05, 0) is 61.3 Å². The Labute approximate surface area is 179 Å². The van der Waals surface area contributed by atoms with Gasteiger partial charge in [-0.25, -0.2) is 4.98 Å². The van der Waals surface area contributed by atoms with Crippen molar-refractivity contribution in [2.24, 2.45) is 17.8 Å². The molecular weight excluding hydrogens is 402 g/mol. The number of thioether (sulfide) groups is 1. The first-order valence-electron chi connectivity index (χ1n) is 10.7. The lowest BCUT2D eigenvalue weighted by Crippen LogP contribution is -2.63. The van der Waals surface area contributed by atoms with Crippen molar-refractivity contribution in [1.82, 2.24) is 10.3 Å². The fourth-order valence-corrected chi connectivity index (χ4v) is 8.33. The summed E-state index contributed by atoms with van der Waals surface area (Å²) >= 11 is 3.73. The first-order valence-corrected chi connectivity index (χ1v) is 12.5. The number of nitrogens with one attached hydrogen (secondary N) is 1. The van der Waals surface area contributed by atoms with Gasteiger partial charge in [0.15, 0.2) is 5.13 Å². The number of hydrogen-bond acceptors (Lipinski definition) is 6. The SMILES string of the molecule is COc1ccc2nc(N3CC4(CCS4)C3)sc2c1C(=O)NC1C2CCC(C2)C1C. The molecule has 2 saturated heterocycles. The number of methoxy groups -OCH3 is 1. The smallest absolute Gasteiger partial charge is 0.256 e. The average Bonchev–Trinajstić information content (AvgIpc) is 3.34. The maximum absolute atomic E-state index is 13.4. The second-order valence-electron chi connectivity index (χ2n) is 9.32. The van der Waals surface area contributed by atoms with Crippen LogP contribution >= 0.6 is 23.1 Å². The third-order valence-electron chi connectivity index (χ3n) is 7.78. The van der Waals surface area contributed by atoms with E-state index in [0.717, 1.165) is 34.4 Å². The molecule has 4 fully saturated rings. The molecule has 4 aliphatic rings. The molecule has 1 aromatic carbocycles.